The van der Waals surface area contributed by atoms with E-state index in [1.165, 1.54) is 0 Å². The standard InChI is InChI=1S/C28H43N3O5S2.ClH/c1-21(2)14-16-38(34,35)31-25(13-15-37-4)28(33)30-26(18-22-9-6-5-7-10-22)27(32)20-29-19-23-11-8-12-24(17-23)36-3;/h5-12,17,21,25-27,29,31-32H,13-16,18-20H2,1-4H3,(H,30,33);1H/t25-,26-,27+;/m0./s1. The number of amides is 1. The van der Waals surface area contributed by atoms with E-state index in [4.69, 9.17) is 4.74 Å². The molecular weight excluding hydrogens is 558 g/mol. The summed E-state index contributed by atoms with van der Waals surface area (Å²) in [5, 5.41) is 17.3. The summed E-state index contributed by atoms with van der Waals surface area (Å²) in [5.41, 5.74) is 1.97. The summed E-state index contributed by atoms with van der Waals surface area (Å²) < 4.78 is 33.2. The van der Waals surface area contributed by atoms with E-state index in [9.17, 15) is 18.3 Å². The third kappa shape index (κ3) is 13.9. The van der Waals surface area contributed by atoms with Gasteiger partial charge < -0.3 is 20.5 Å². The number of methoxy groups -OCH3 is 1. The van der Waals surface area contributed by atoms with E-state index in [2.05, 4.69) is 15.4 Å². The molecule has 1 amide bonds. The van der Waals surface area contributed by atoms with E-state index in [1.807, 2.05) is 74.7 Å². The second kappa shape index (κ2) is 18.5. The Morgan fingerprint density at radius 3 is 2.38 bits per heavy atom. The SMILES string of the molecule is COc1cccc(CNC[C@@H](O)[C@H](Cc2ccccc2)NC(=O)[C@H](CCSC)NS(=O)(=O)CCC(C)C)c1.Cl. The lowest BCUT2D eigenvalue weighted by atomic mass is 10.00. The minimum Gasteiger partial charge on any atom is -0.497 e. The molecule has 0 aromatic heterocycles. The van der Waals surface area contributed by atoms with Crippen LogP contribution in [0.1, 0.15) is 37.8 Å². The Kier molecular flexibility index (Phi) is 16.7. The van der Waals surface area contributed by atoms with E-state index in [-0.39, 0.29) is 30.6 Å². The van der Waals surface area contributed by atoms with Crippen molar-refractivity contribution in [3.63, 3.8) is 0 Å². The lowest BCUT2D eigenvalue weighted by Crippen LogP contribution is -2.55. The summed E-state index contributed by atoms with van der Waals surface area (Å²) in [6.45, 7) is 4.69. The summed E-state index contributed by atoms with van der Waals surface area (Å²) >= 11 is 1.55. The molecule has 3 atom stereocenters. The van der Waals surface area contributed by atoms with Gasteiger partial charge in [-0.15, -0.1) is 12.4 Å². The highest BCUT2D eigenvalue weighted by Crippen LogP contribution is 2.13. The first-order chi connectivity index (χ1) is 18.1. The van der Waals surface area contributed by atoms with Crippen molar-refractivity contribution >= 4 is 40.1 Å². The third-order valence-electron chi connectivity index (χ3n) is 6.12. The molecule has 0 fully saturated rings. The Hall–Kier alpha value is -1.82. The van der Waals surface area contributed by atoms with E-state index < -0.39 is 34.1 Å². The van der Waals surface area contributed by atoms with Crippen molar-refractivity contribution < 1.29 is 23.1 Å². The Labute approximate surface area is 244 Å². The number of carbonyl (C=O) groups excluding carboxylic acids is 1. The fourth-order valence-corrected chi connectivity index (χ4v) is 5.90. The fourth-order valence-electron chi connectivity index (χ4n) is 3.87. The van der Waals surface area contributed by atoms with Crippen LogP contribution in [0.4, 0.5) is 0 Å². The smallest absolute Gasteiger partial charge is 0.238 e. The van der Waals surface area contributed by atoms with Crippen molar-refractivity contribution in [1.29, 1.82) is 0 Å². The summed E-state index contributed by atoms with van der Waals surface area (Å²) in [6, 6.07) is 15.7. The van der Waals surface area contributed by atoms with Gasteiger partial charge >= 0.3 is 0 Å². The van der Waals surface area contributed by atoms with Gasteiger partial charge in [-0.1, -0.05) is 56.3 Å². The number of rotatable bonds is 18. The number of benzene rings is 2. The summed E-state index contributed by atoms with van der Waals surface area (Å²) in [7, 11) is -2.01. The minimum atomic E-state index is -3.62. The van der Waals surface area contributed by atoms with Crippen LogP contribution in [0.25, 0.3) is 0 Å². The highest BCUT2D eigenvalue weighted by Gasteiger charge is 2.28. The molecule has 39 heavy (non-hydrogen) atoms. The van der Waals surface area contributed by atoms with Gasteiger partial charge in [0.1, 0.15) is 11.8 Å². The number of hydrogen-bond acceptors (Lipinski definition) is 7. The molecule has 0 spiro atoms. The molecule has 2 rings (SSSR count). The molecule has 0 saturated heterocycles. The average molecular weight is 602 g/mol. The third-order valence-corrected chi connectivity index (χ3v) is 8.18. The zero-order valence-corrected chi connectivity index (χ0v) is 25.7. The maximum Gasteiger partial charge on any atom is 0.238 e. The molecule has 0 heterocycles. The van der Waals surface area contributed by atoms with Crippen LogP contribution < -0.4 is 20.1 Å². The molecule has 0 radical (unpaired) electrons. The maximum atomic E-state index is 13.3. The van der Waals surface area contributed by atoms with Crippen LogP contribution in [0.2, 0.25) is 0 Å². The van der Waals surface area contributed by atoms with Crippen LogP contribution in [0.5, 0.6) is 5.75 Å². The monoisotopic (exact) mass is 601 g/mol. The van der Waals surface area contributed by atoms with E-state index in [0.717, 1.165) is 16.9 Å². The van der Waals surface area contributed by atoms with Gasteiger partial charge in [0.2, 0.25) is 15.9 Å². The number of halogens is 1. The molecule has 0 aliphatic carbocycles. The van der Waals surface area contributed by atoms with Crippen molar-refractivity contribution in [2.45, 2.75) is 57.8 Å². The van der Waals surface area contributed by atoms with Crippen LogP contribution in [0.3, 0.4) is 0 Å². The molecule has 0 aliphatic heterocycles. The lowest BCUT2D eigenvalue weighted by molar-refractivity contribution is -0.124. The van der Waals surface area contributed by atoms with Crippen LogP contribution >= 0.6 is 24.2 Å². The van der Waals surface area contributed by atoms with Crippen LogP contribution in [-0.2, 0) is 27.8 Å². The van der Waals surface area contributed by atoms with Gasteiger partial charge in [-0.3, -0.25) is 4.79 Å². The van der Waals surface area contributed by atoms with E-state index >= 15 is 0 Å². The minimum absolute atomic E-state index is 0. The first-order valence-corrected chi connectivity index (χ1v) is 16.0. The topological polar surface area (TPSA) is 117 Å². The highest BCUT2D eigenvalue weighted by molar-refractivity contribution is 7.98. The molecule has 2 aromatic rings. The second-order valence-electron chi connectivity index (χ2n) is 9.81. The number of aliphatic hydroxyl groups excluding tert-OH is 1. The number of aliphatic hydroxyl groups is 1. The molecule has 8 nitrogen and oxygen atoms in total. The van der Waals surface area contributed by atoms with E-state index in [1.54, 1.807) is 18.9 Å². The lowest BCUT2D eigenvalue weighted by Gasteiger charge is -2.27. The number of sulfonamides is 1. The average Bonchev–Trinajstić information content (AvgIpc) is 2.90. The molecule has 220 valence electrons. The quantitative estimate of drug-likeness (QED) is 0.207. The Balaban J connectivity index is 0.00000760. The van der Waals surface area contributed by atoms with Gasteiger partial charge in [0.05, 0.1) is 25.0 Å². The van der Waals surface area contributed by atoms with Crippen LogP contribution in [0.15, 0.2) is 54.6 Å². The Morgan fingerprint density at radius 2 is 1.74 bits per heavy atom. The molecule has 0 unspecified atom stereocenters. The number of nitrogens with one attached hydrogen (secondary N) is 3. The molecule has 4 N–H and O–H groups in total. The maximum absolute atomic E-state index is 13.3. The molecule has 2 aromatic carbocycles. The molecule has 11 heteroatoms. The zero-order chi connectivity index (χ0) is 28.0. The molecule has 0 saturated carbocycles. The second-order valence-corrected chi connectivity index (χ2v) is 12.7. The van der Waals surface area contributed by atoms with Crippen molar-refractivity contribution in [2.24, 2.45) is 5.92 Å². The first-order valence-electron chi connectivity index (χ1n) is 13.0. The summed E-state index contributed by atoms with van der Waals surface area (Å²) in [4.78, 5) is 13.3. The van der Waals surface area contributed by atoms with E-state index in [0.29, 0.717) is 31.6 Å². The van der Waals surface area contributed by atoms with Gasteiger partial charge in [0.25, 0.3) is 0 Å². The highest BCUT2D eigenvalue weighted by atomic mass is 35.5. The summed E-state index contributed by atoms with van der Waals surface area (Å²) in [6.07, 6.45) is 2.29. The van der Waals surface area contributed by atoms with Crippen LogP contribution in [-0.4, -0.2) is 69.0 Å². The van der Waals surface area contributed by atoms with Crippen molar-refractivity contribution in [3.8, 4) is 5.75 Å². The van der Waals surface area contributed by atoms with Gasteiger partial charge in [-0.05, 0) is 60.4 Å². The predicted octanol–water partition coefficient (Wildman–Crippen LogP) is 3.38. The van der Waals surface area contributed by atoms with Gasteiger partial charge in [0, 0.05) is 13.1 Å². The zero-order valence-electron chi connectivity index (χ0n) is 23.3. The van der Waals surface area contributed by atoms with Crippen molar-refractivity contribution in [3.05, 3.63) is 65.7 Å². The largest absolute Gasteiger partial charge is 0.497 e. The normalized spacial score (nSPS) is 13.8. The Morgan fingerprint density at radius 1 is 1.05 bits per heavy atom. The molecule has 0 aliphatic rings. The van der Waals surface area contributed by atoms with Gasteiger partial charge in [-0.25, -0.2) is 13.1 Å². The van der Waals surface area contributed by atoms with Crippen LogP contribution in [0, 0.1) is 5.92 Å². The van der Waals surface area contributed by atoms with Gasteiger partial charge in [0.15, 0.2) is 0 Å². The molecule has 0 bridgehead atoms. The first kappa shape index (κ1) is 35.2. The van der Waals surface area contributed by atoms with Gasteiger partial charge in [-0.2, -0.15) is 11.8 Å². The van der Waals surface area contributed by atoms with Crippen molar-refractivity contribution in [2.75, 3.05) is 31.4 Å². The number of hydrogen-bond donors (Lipinski definition) is 4. The fraction of sp³-hybridized carbons (Fsp3) is 0.536. The van der Waals surface area contributed by atoms with Crippen molar-refractivity contribution in [1.82, 2.24) is 15.4 Å². The Bertz CT molecular complexity index is 1070. The molecular formula is C28H44ClN3O5S2. The summed E-state index contributed by atoms with van der Waals surface area (Å²) in [5.74, 6) is 1.16. The number of ether oxygens (including phenoxy) is 1. The predicted molar refractivity (Wildman–Crippen MR) is 163 cm³/mol. The number of thioether (sulfide) groups is 1. The number of carbonyl (C=O) groups is 1.